The molecule has 0 fully saturated rings. The van der Waals surface area contributed by atoms with Gasteiger partial charge in [0, 0.05) is 11.1 Å². The maximum absolute atomic E-state index is 9.96. The first-order valence-electron chi connectivity index (χ1n) is 3.63. The van der Waals surface area contributed by atoms with Crippen LogP contribution < -0.4 is 5.73 Å². The molecule has 0 aliphatic carbocycles. The second-order valence-corrected chi connectivity index (χ2v) is 2.38. The number of carbonyl (C=O) groups is 1. The van der Waals surface area contributed by atoms with E-state index < -0.39 is 0 Å². The summed E-state index contributed by atoms with van der Waals surface area (Å²) in [6, 6.07) is 6.88. The zero-order chi connectivity index (χ0) is 9.68. The minimum atomic E-state index is -0.00486. The molecular formula is C10H8N2O. The average Bonchev–Trinajstić information content (AvgIpc) is 2.15. The number of nitrogens with one attached hydrogen (secondary N) is 1. The molecule has 13 heavy (non-hydrogen) atoms. The number of nitrogens with two attached hydrogens (primary N) is 1. The Morgan fingerprint density at radius 1 is 1.54 bits per heavy atom. The highest BCUT2D eigenvalue weighted by atomic mass is 16.1. The van der Waals surface area contributed by atoms with Gasteiger partial charge < -0.3 is 5.73 Å². The van der Waals surface area contributed by atoms with Gasteiger partial charge in [-0.2, -0.15) is 0 Å². The molecule has 64 valence electrons. The monoisotopic (exact) mass is 172 g/mol. The molecule has 0 heterocycles. The van der Waals surface area contributed by atoms with E-state index in [0.717, 1.165) is 0 Å². The van der Waals surface area contributed by atoms with Gasteiger partial charge >= 0.3 is 0 Å². The van der Waals surface area contributed by atoms with Gasteiger partial charge in [-0.3, -0.25) is 10.2 Å². The Balaban J connectivity index is 3.05. The van der Waals surface area contributed by atoms with Crippen molar-refractivity contribution in [2.24, 2.45) is 5.73 Å². The summed E-state index contributed by atoms with van der Waals surface area (Å²) in [7, 11) is 0. The third kappa shape index (κ3) is 2.46. The van der Waals surface area contributed by atoms with Crippen molar-refractivity contribution in [2.75, 3.05) is 0 Å². The topological polar surface area (TPSA) is 66.9 Å². The van der Waals surface area contributed by atoms with Crippen molar-refractivity contribution in [2.45, 2.75) is 0 Å². The molecule has 0 saturated heterocycles. The molecule has 0 atom stereocenters. The number of nitrogen functional groups attached to an aromatic ring is 1. The minimum absolute atomic E-state index is 0.00486. The second kappa shape index (κ2) is 4.07. The zero-order valence-electron chi connectivity index (χ0n) is 6.87. The molecule has 3 heteroatoms. The summed E-state index contributed by atoms with van der Waals surface area (Å²) in [6.07, 6.45) is 0.528. The molecule has 0 bridgehead atoms. The van der Waals surface area contributed by atoms with E-state index >= 15 is 0 Å². The quantitative estimate of drug-likeness (QED) is 0.281. The lowest BCUT2D eigenvalue weighted by Gasteiger charge is -1.97. The Morgan fingerprint density at radius 3 is 2.92 bits per heavy atom. The van der Waals surface area contributed by atoms with Crippen molar-refractivity contribution in [1.29, 1.82) is 5.41 Å². The zero-order valence-corrected chi connectivity index (χ0v) is 6.87. The van der Waals surface area contributed by atoms with E-state index in [4.69, 9.17) is 11.1 Å². The largest absolute Gasteiger partial charge is 0.384 e. The van der Waals surface area contributed by atoms with E-state index in [9.17, 15) is 4.79 Å². The highest BCUT2D eigenvalue weighted by Crippen LogP contribution is 2.02. The Hall–Kier alpha value is -2.08. The average molecular weight is 172 g/mol. The van der Waals surface area contributed by atoms with Gasteiger partial charge in [0.25, 0.3) is 0 Å². The van der Waals surface area contributed by atoms with Crippen molar-refractivity contribution in [1.82, 2.24) is 0 Å². The maximum Gasteiger partial charge on any atom is 0.193 e. The van der Waals surface area contributed by atoms with Crippen molar-refractivity contribution >= 4 is 12.1 Å². The number of benzene rings is 1. The SMILES string of the molecule is N=C(N)c1cccc(C#CC=O)c1. The Bertz CT molecular complexity index is 399. The number of hydrogen-bond acceptors (Lipinski definition) is 2. The first-order valence-corrected chi connectivity index (χ1v) is 3.63. The van der Waals surface area contributed by atoms with E-state index in [2.05, 4.69) is 11.8 Å². The lowest BCUT2D eigenvalue weighted by Crippen LogP contribution is -2.10. The lowest BCUT2D eigenvalue weighted by molar-refractivity contribution is -0.103. The molecule has 1 aromatic rings. The molecule has 0 aliphatic rings. The van der Waals surface area contributed by atoms with Gasteiger partial charge in [-0.25, -0.2) is 0 Å². The number of rotatable bonds is 1. The van der Waals surface area contributed by atoms with Crippen molar-refractivity contribution in [3.8, 4) is 11.8 Å². The van der Waals surface area contributed by atoms with Crippen LogP contribution in [-0.4, -0.2) is 12.1 Å². The second-order valence-electron chi connectivity index (χ2n) is 2.38. The predicted octanol–water partition coefficient (Wildman–Crippen LogP) is 0.521. The number of carbonyl (C=O) groups excluding carboxylic acids is 1. The highest BCUT2D eigenvalue weighted by molar-refractivity contribution is 5.95. The molecule has 0 spiro atoms. The summed E-state index contributed by atoms with van der Waals surface area (Å²) in [5.74, 6) is 4.90. The van der Waals surface area contributed by atoms with E-state index in [0.29, 0.717) is 17.4 Å². The third-order valence-corrected chi connectivity index (χ3v) is 1.45. The fraction of sp³-hybridized carbons (Fsp3) is 0. The molecular weight excluding hydrogens is 164 g/mol. The number of aldehydes is 1. The van der Waals surface area contributed by atoms with E-state index in [1.54, 1.807) is 24.3 Å². The van der Waals surface area contributed by atoms with Crippen LogP contribution >= 0.6 is 0 Å². The summed E-state index contributed by atoms with van der Waals surface area (Å²) in [4.78, 5) is 9.96. The molecule has 1 rings (SSSR count). The Morgan fingerprint density at radius 2 is 2.31 bits per heavy atom. The van der Waals surface area contributed by atoms with Gasteiger partial charge in [-0.1, -0.05) is 18.1 Å². The first kappa shape index (κ1) is 9.01. The molecule has 1 aromatic carbocycles. The summed E-state index contributed by atoms with van der Waals surface area (Å²) < 4.78 is 0. The fourth-order valence-corrected chi connectivity index (χ4v) is 0.877. The van der Waals surface area contributed by atoms with Crippen LogP contribution in [0, 0.1) is 17.3 Å². The van der Waals surface area contributed by atoms with Crippen LogP contribution in [0.4, 0.5) is 0 Å². The van der Waals surface area contributed by atoms with Crippen LogP contribution in [0.15, 0.2) is 24.3 Å². The van der Waals surface area contributed by atoms with Crippen molar-refractivity contribution in [3.05, 3.63) is 35.4 Å². The van der Waals surface area contributed by atoms with E-state index in [1.807, 2.05) is 0 Å². The summed E-state index contributed by atoms with van der Waals surface area (Å²) in [6.45, 7) is 0. The highest BCUT2D eigenvalue weighted by Gasteiger charge is 1.95. The molecule has 0 amide bonds. The fourth-order valence-electron chi connectivity index (χ4n) is 0.877. The Labute approximate surface area is 76.1 Å². The van der Waals surface area contributed by atoms with Gasteiger partial charge in [-0.05, 0) is 18.1 Å². The predicted molar refractivity (Wildman–Crippen MR) is 50.4 cm³/mol. The molecule has 0 aliphatic heterocycles. The van der Waals surface area contributed by atoms with Crippen LogP contribution in [-0.2, 0) is 4.79 Å². The molecule has 0 aromatic heterocycles. The van der Waals surface area contributed by atoms with Crippen molar-refractivity contribution in [3.63, 3.8) is 0 Å². The van der Waals surface area contributed by atoms with Crippen molar-refractivity contribution < 1.29 is 4.79 Å². The van der Waals surface area contributed by atoms with Gasteiger partial charge in [0.2, 0.25) is 0 Å². The summed E-state index contributed by atoms with van der Waals surface area (Å²) in [5, 5.41) is 7.17. The minimum Gasteiger partial charge on any atom is -0.384 e. The van der Waals surface area contributed by atoms with E-state index in [1.165, 1.54) is 0 Å². The summed E-state index contributed by atoms with van der Waals surface area (Å²) >= 11 is 0. The molecule has 3 nitrogen and oxygen atoms in total. The maximum atomic E-state index is 9.96. The standard InChI is InChI=1S/C10H8N2O/c11-10(12)9-5-1-3-8(7-9)4-2-6-13/h1,3,5-7H,(H3,11,12). The molecule has 3 N–H and O–H groups in total. The van der Waals surface area contributed by atoms with Gasteiger partial charge in [0.15, 0.2) is 6.29 Å². The van der Waals surface area contributed by atoms with Gasteiger partial charge in [-0.15, -0.1) is 0 Å². The number of amidine groups is 1. The third-order valence-electron chi connectivity index (χ3n) is 1.45. The Kier molecular flexibility index (Phi) is 2.82. The van der Waals surface area contributed by atoms with Crippen LogP contribution in [0.1, 0.15) is 11.1 Å². The van der Waals surface area contributed by atoms with Crippen LogP contribution in [0.3, 0.4) is 0 Å². The smallest absolute Gasteiger partial charge is 0.193 e. The molecule has 0 unspecified atom stereocenters. The van der Waals surface area contributed by atoms with Crippen LogP contribution in [0.2, 0.25) is 0 Å². The van der Waals surface area contributed by atoms with Gasteiger partial charge in [0.1, 0.15) is 5.84 Å². The number of hydrogen-bond donors (Lipinski definition) is 2. The molecule has 0 saturated carbocycles. The van der Waals surface area contributed by atoms with Crippen LogP contribution in [0.5, 0.6) is 0 Å². The summed E-state index contributed by atoms with van der Waals surface area (Å²) in [5.41, 5.74) is 6.57. The normalized spacial score (nSPS) is 8.31. The van der Waals surface area contributed by atoms with Gasteiger partial charge in [0.05, 0.1) is 0 Å². The first-order chi connectivity index (χ1) is 6.24. The molecule has 0 radical (unpaired) electrons. The van der Waals surface area contributed by atoms with E-state index in [-0.39, 0.29) is 5.84 Å². The lowest BCUT2D eigenvalue weighted by atomic mass is 10.1. The van der Waals surface area contributed by atoms with Crippen LogP contribution in [0.25, 0.3) is 0 Å².